The van der Waals surface area contributed by atoms with Crippen LogP contribution in [0.3, 0.4) is 0 Å². The SMILES string of the molecule is CNC(=O)c1cccc(C(=O)NCc2cccc(OC)n2)c1. The number of nitrogens with zero attached hydrogens (tertiary/aromatic N) is 1. The van der Waals surface area contributed by atoms with Gasteiger partial charge in [-0.15, -0.1) is 0 Å². The molecule has 0 saturated heterocycles. The lowest BCUT2D eigenvalue weighted by Gasteiger charge is -2.07. The molecule has 2 rings (SSSR count). The topological polar surface area (TPSA) is 80.3 Å². The second-order valence-electron chi connectivity index (χ2n) is 4.51. The number of hydrogen-bond donors (Lipinski definition) is 2. The minimum Gasteiger partial charge on any atom is -0.481 e. The lowest BCUT2D eigenvalue weighted by Crippen LogP contribution is -2.24. The Balaban J connectivity index is 2.04. The van der Waals surface area contributed by atoms with Crippen LogP contribution in [0, 0.1) is 0 Å². The summed E-state index contributed by atoms with van der Waals surface area (Å²) in [7, 11) is 3.08. The smallest absolute Gasteiger partial charge is 0.251 e. The Labute approximate surface area is 128 Å². The molecule has 2 amide bonds. The normalized spacial score (nSPS) is 9.91. The highest BCUT2D eigenvalue weighted by atomic mass is 16.5. The maximum Gasteiger partial charge on any atom is 0.251 e. The number of carbonyl (C=O) groups is 2. The van der Waals surface area contributed by atoms with Crippen molar-refractivity contribution in [1.82, 2.24) is 15.6 Å². The molecule has 0 spiro atoms. The molecular formula is C16H17N3O3. The van der Waals surface area contributed by atoms with Crippen LogP contribution in [0.2, 0.25) is 0 Å². The van der Waals surface area contributed by atoms with Gasteiger partial charge < -0.3 is 15.4 Å². The summed E-state index contributed by atoms with van der Waals surface area (Å²) in [5.41, 5.74) is 1.55. The van der Waals surface area contributed by atoms with Gasteiger partial charge in [-0.25, -0.2) is 4.98 Å². The van der Waals surface area contributed by atoms with E-state index in [0.717, 1.165) is 0 Å². The molecule has 0 saturated carbocycles. The molecule has 0 unspecified atom stereocenters. The van der Waals surface area contributed by atoms with Crippen molar-refractivity contribution in [2.75, 3.05) is 14.2 Å². The van der Waals surface area contributed by atoms with E-state index >= 15 is 0 Å². The monoisotopic (exact) mass is 299 g/mol. The summed E-state index contributed by atoms with van der Waals surface area (Å²) in [6, 6.07) is 11.9. The number of hydrogen-bond acceptors (Lipinski definition) is 4. The van der Waals surface area contributed by atoms with Crippen LogP contribution in [0.15, 0.2) is 42.5 Å². The minimum atomic E-state index is -0.268. The number of methoxy groups -OCH3 is 1. The van der Waals surface area contributed by atoms with E-state index in [9.17, 15) is 9.59 Å². The van der Waals surface area contributed by atoms with Gasteiger partial charge in [0.15, 0.2) is 0 Å². The summed E-state index contributed by atoms with van der Waals surface area (Å²) in [4.78, 5) is 27.9. The summed E-state index contributed by atoms with van der Waals surface area (Å²) in [6.07, 6.45) is 0. The lowest BCUT2D eigenvalue weighted by molar-refractivity contribution is 0.0950. The van der Waals surface area contributed by atoms with Gasteiger partial charge in [0.1, 0.15) is 0 Å². The Kier molecular flexibility index (Phi) is 5.08. The molecule has 1 heterocycles. The summed E-state index contributed by atoms with van der Waals surface area (Å²) >= 11 is 0. The van der Waals surface area contributed by atoms with E-state index in [1.165, 1.54) is 7.11 Å². The van der Waals surface area contributed by atoms with Crippen molar-refractivity contribution in [2.24, 2.45) is 0 Å². The number of amides is 2. The van der Waals surface area contributed by atoms with Gasteiger partial charge in [-0.2, -0.15) is 0 Å². The largest absolute Gasteiger partial charge is 0.481 e. The fraction of sp³-hybridized carbons (Fsp3) is 0.188. The van der Waals surface area contributed by atoms with Gasteiger partial charge in [-0.3, -0.25) is 9.59 Å². The third kappa shape index (κ3) is 3.82. The zero-order valence-corrected chi connectivity index (χ0v) is 12.4. The third-order valence-corrected chi connectivity index (χ3v) is 3.03. The van der Waals surface area contributed by atoms with Crippen LogP contribution in [-0.4, -0.2) is 31.0 Å². The third-order valence-electron chi connectivity index (χ3n) is 3.03. The molecule has 0 fully saturated rings. The van der Waals surface area contributed by atoms with E-state index < -0.39 is 0 Å². The van der Waals surface area contributed by atoms with Crippen LogP contribution in [-0.2, 0) is 6.54 Å². The van der Waals surface area contributed by atoms with Gasteiger partial charge in [0.05, 0.1) is 19.3 Å². The van der Waals surface area contributed by atoms with Crippen molar-refractivity contribution in [3.63, 3.8) is 0 Å². The Hall–Kier alpha value is -2.89. The molecule has 0 aliphatic rings. The first-order valence-corrected chi connectivity index (χ1v) is 6.74. The fourth-order valence-electron chi connectivity index (χ4n) is 1.89. The van der Waals surface area contributed by atoms with Crippen molar-refractivity contribution in [3.05, 3.63) is 59.3 Å². The highest BCUT2D eigenvalue weighted by Crippen LogP contribution is 2.08. The van der Waals surface area contributed by atoms with E-state index in [0.29, 0.717) is 22.7 Å². The standard InChI is InChI=1S/C16H17N3O3/c1-17-15(20)11-5-3-6-12(9-11)16(21)18-10-13-7-4-8-14(19-13)22-2/h3-9H,10H2,1-2H3,(H,17,20)(H,18,21). The van der Waals surface area contributed by atoms with Crippen molar-refractivity contribution in [2.45, 2.75) is 6.54 Å². The number of benzene rings is 1. The van der Waals surface area contributed by atoms with Crippen molar-refractivity contribution in [1.29, 1.82) is 0 Å². The molecule has 114 valence electrons. The summed E-state index contributed by atoms with van der Waals surface area (Å²) in [5.74, 6) is -0.00662. The van der Waals surface area contributed by atoms with E-state index in [1.807, 2.05) is 0 Å². The Morgan fingerprint density at radius 3 is 2.45 bits per heavy atom. The summed E-state index contributed by atoms with van der Waals surface area (Å²) in [6.45, 7) is 0.278. The molecule has 1 aromatic carbocycles. The van der Waals surface area contributed by atoms with E-state index in [-0.39, 0.29) is 18.4 Å². The van der Waals surface area contributed by atoms with Crippen LogP contribution in [0.1, 0.15) is 26.4 Å². The van der Waals surface area contributed by atoms with Crippen molar-refractivity contribution < 1.29 is 14.3 Å². The highest BCUT2D eigenvalue weighted by molar-refractivity contribution is 5.99. The molecule has 6 nitrogen and oxygen atoms in total. The molecule has 0 aliphatic carbocycles. The van der Waals surface area contributed by atoms with Gasteiger partial charge in [-0.1, -0.05) is 12.1 Å². The van der Waals surface area contributed by atoms with Gasteiger partial charge in [0.25, 0.3) is 11.8 Å². The zero-order chi connectivity index (χ0) is 15.9. The highest BCUT2D eigenvalue weighted by Gasteiger charge is 2.09. The molecule has 22 heavy (non-hydrogen) atoms. The minimum absolute atomic E-state index is 0.232. The average Bonchev–Trinajstić information content (AvgIpc) is 2.59. The summed E-state index contributed by atoms with van der Waals surface area (Å²) in [5, 5.41) is 5.29. The van der Waals surface area contributed by atoms with E-state index in [4.69, 9.17) is 4.74 Å². The fourth-order valence-corrected chi connectivity index (χ4v) is 1.89. The van der Waals surface area contributed by atoms with Crippen molar-refractivity contribution >= 4 is 11.8 Å². The molecular weight excluding hydrogens is 282 g/mol. The molecule has 0 bridgehead atoms. The molecule has 2 aromatic rings. The van der Waals surface area contributed by atoms with Crippen LogP contribution >= 0.6 is 0 Å². The van der Waals surface area contributed by atoms with Gasteiger partial charge in [-0.05, 0) is 24.3 Å². The predicted octanol–water partition coefficient (Wildman–Crippen LogP) is 1.38. The Bertz CT molecular complexity index is 686. The summed E-state index contributed by atoms with van der Waals surface area (Å²) < 4.78 is 5.03. The number of ether oxygens (including phenoxy) is 1. The molecule has 1 aromatic heterocycles. The molecule has 2 N–H and O–H groups in total. The second kappa shape index (κ2) is 7.21. The van der Waals surface area contributed by atoms with Crippen LogP contribution in [0.25, 0.3) is 0 Å². The predicted molar refractivity (Wildman–Crippen MR) is 81.8 cm³/mol. The van der Waals surface area contributed by atoms with Crippen molar-refractivity contribution in [3.8, 4) is 5.88 Å². The molecule has 0 aliphatic heterocycles. The van der Waals surface area contributed by atoms with Crippen LogP contribution < -0.4 is 15.4 Å². The molecule has 6 heteroatoms. The lowest BCUT2D eigenvalue weighted by atomic mass is 10.1. The first-order valence-electron chi connectivity index (χ1n) is 6.74. The Morgan fingerprint density at radius 1 is 1.09 bits per heavy atom. The first-order chi connectivity index (χ1) is 10.6. The maximum atomic E-state index is 12.1. The maximum absolute atomic E-state index is 12.1. The molecule has 0 atom stereocenters. The Morgan fingerprint density at radius 2 is 1.77 bits per heavy atom. The number of pyridine rings is 1. The number of carbonyl (C=O) groups excluding carboxylic acids is 2. The van der Waals surface area contributed by atoms with E-state index in [2.05, 4.69) is 15.6 Å². The van der Waals surface area contributed by atoms with E-state index in [1.54, 1.807) is 49.5 Å². The number of aromatic nitrogens is 1. The number of rotatable bonds is 5. The van der Waals surface area contributed by atoms with Crippen LogP contribution in [0.5, 0.6) is 5.88 Å². The van der Waals surface area contributed by atoms with Crippen LogP contribution in [0.4, 0.5) is 0 Å². The zero-order valence-electron chi connectivity index (χ0n) is 12.4. The van der Waals surface area contributed by atoms with Gasteiger partial charge in [0, 0.05) is 24.2 Å². The average molecular weight is 299 g/mol. The molecule has 0 radical (unpaired) electrons. The first kappa shape index (κ1) is 15.5. The second-order valence-corrected chi connectivity index (χ2v) is 4.51. The van der Waals surface area contributed by atoms with Gasteiger partial charge >= 0.3 is 0 Å². The van der Waals surface area contributed by atoms with Gasteiger partial charge in [0.2, 0.25) is 5.88 Å². The number of nitrogens with one attached hydrogen (secondary N) is 2. The quantitative estimate of drug-likeness (QED) is 0.874.